The first-order valence-electron chi connectivity index (χ1n) is 4.54. The van der Waals surface area contributed by atoms with Crippen molar-refractivity contribution in [2.24, 2.45) is 11.7 Å². The fourth-order valence-corrected chi connectivity index (χ4v) is 1.68. The number of fused-ring (bicyclic) bond motifs is 1. The summed E-state index contributed by atoms with van der Waals surface area (Å²) < 4.78 is 0. The molecule has 2 rings (SSSR count). The van der Waals surface area contributed by atoms with Gasteiger partial charge in [0.05, 0.1) is 0 Å². The predicted octanol–water partition coefficient (Wildman–Crippen LogP) is 2.53. The zero-order valence-electron chi connectivity index (χ0n) is 7.89. The Morgan fingerprint density at radius 3 is 2.57 bits per heavy atom. The van der Waals surface area contributed by atoms with Gasteiger partial charge in [0.2, 0.25) is 0 Å². The number of hydrogen-bond acceptors (Lipinski definition) is 1. The van der Waals surface area contributed by atoms with Crippen LogP contribution >= 0.6 is 12.4 Å². The second-order valence-corrected chi connectivity index (χ2v) is 3.20. The van der Waals surface area contributed by atoms with E-state index >= 15 is 0 Å². The molecule has 0 aromatic heterocycles. The summed E-state index contributed by atoms with van der Waals surface area (Å²) in [5.41, 5.74) is 8.24. The van der Waals surface area contributed by atoms with Gasteiger partial charge >= 0.3 is 0 Å². The SMILES string of the molecule is Cl.NCC1=CC=CC2C=CC=CC=C12. The van der Waals surface area contributed by atoms with Crippen LogP contribution in [0, 0.1) is 5.92 Å². The zero-order valence-corrected chi connectivity index (χ0v) is 8.71. The Bertz CT molecular complexity index is 345. The van der Waals surface area contributed by atoms with E-state index in [9.17, 15) is 0 Å². The third kappa shape index (κ3) is 2.06. The highest BCUT2D eigenvalue weighted by Crippen LogP contribution is 2.27. The van der Waals surface area contributed by atoms with Crippen molar-refractivity contribution in [2.45, 2.75) is 0 Å². The topological polar surface area (TPSA) is 26.0 Å². The number of allylic oxidation sites excluding steroid dienone is 8. The fraction of sp³-hybridized carbons (Fsp3) is 0.167. The van der Waals surface area contributed by atoms with E-state index < -0.39 is 0 Å². The van der Waals surface area contributed by atoms with Crippen LogP contribution in [0.25, 0.3) is 0 Å². The maximum absolute atomic E-state index is 5.67. The van der Waals surface area contributed by atoms with Crippen LogP contribution < -0.4 is 5.73 Å². The van der Waals surface area contributed by atoms with Crippen LogP contribution in [0.4, 0.5) is 0 Å². The summed E-state index contributed by atoms with van der Waals surface area (Å²) in [5.74, 6) is 0.415. The van der Waals surface area contributed by atoms with Crippen molar-refractivity contribution in [3.05, 3.63) is 59.8 Å². The minimum atomic E-state index is 0. The van der Waals surface area contributed by atoms with Crippen LogP contribution in [0.15, 0.2) is 59.8 Å². The van der Waals surface area contributed by atoms with E-state index in [1.807, 2.05) is 6.08 Å². The average molecular weight is 208 g/mol. The lowest BCUT2D eigenvalue weighted by atomic mass is 9.88. The van der Waals surface area contributed by atoms with Crippen molar-refractivity contribution in [1.82, 2.24) is 0 Å². The maximum atomic E-state index is 5.67. The van der Waals surface area contributed by atoms with Gasteiger partial charge in [0.15, 0.2) is 0 Å². The predicted molar refractivity (Wildman–Crippen MR) is 63.4 cm³/mol. The van der Waals surface area contributed by atoms with Gasteiger partial charge in [0.25, 0.3) is 0 Å². The molecule has 0 spiro atoms. The van der Waals surface area contributed by atoms with Crippen molar-refractivity contribution in [2.75, 3.05) is 6.54 Å². The molecule has 14 heavy (non-hydrogen) atoms. The lowest BCUT2D eigenvalue weighted by Crippen LogP contribution is -2.12. The fourth-order valence-electron chi connectivity index (χ4n) is 1.68. The van der Waals surface area contributed by atoms with E-state index in [1.54, 1.807) is 0 Å². The third-order valence-corrected chi connectivity index (χ3v) is 2.38. The largest absolute Gasteiger partial charge is 0.326 e. The van der Waals surface area contributed by atoms with Crippen molar-refractivity contribution in [1.29, 1.82) is 0 Å². The Morgan fingerprint density at radius 2 is 1.79 bits per heavy atom. The van der Waals surface area contributed by atoms with E-state index in [2.05, 4.69) is 42.5 Å². The molecule has 1 atom stereocenters. The third-order valence-electron chi connectivity index (χ3n) is 2.38. The molecule has 0 aliphatic heterocycles. The van der Waals surface area contributed by atoms with Crippen LogP contribution in [-0.2, 0) is 0 Å². The van der Waals surface area contributed by atoms with Gasteiger partial charge in [-0.3, -0.25) is 0 Å². The highest BCUT2D eigenvalue weighted by atomic mass is 35.5. The molecule has 0 fully saturated rings. The smallest absolute Gasteiger partial charge is 0.0208 e. The summed E-state index contributed by atoms with van der Waals surface area (Å²) in [4.78, 5) is 0. The normalized spacial score (nSPS) is 23.1. The Morgan fingerprint density at radius 1 is 1.00 bits per heavy atom. The van der Waals surface area contributed by atoms with Crippen LogP contribution in [0.1, 0.15) is 0 Å². The van der Waals surface area contributed by atoms with E-state index in [0.717, 1.165) is 0 Å². The number of hydrogen-bond donors (Lipinski definition) is 1. The monoisotopic (exact) mass is 207 g/mol. The van der Waals surface area contributed by atoms with Crippen molar-refractivity contribution in [3.8, 4) is 0 Å². The molecule has 74 valence electrons. The summed E-state index contributed by atoms with van der Waals surface area (Å²) in [6.45, 7) is 0.619. The number of rotatable bonds is 1. The van der Waals surface area contributed by atoms with E-state index in [1.165, 1.54) is 11.1 Å². The Hall–Kier alpha value is -1.05. The molecule has 0 bridgehead atoms. The molecule has 0 aromatic rings. The number of halogens is 1. The lowest BCUT2D eigenvalue weighted by molar-refractivity contribution is 0.939. The first-order valence-corrected chi connectivity index (χ1v) is 4.54. The standard InChI is InChI=1S/C12H13N.ClH/c13-9-11-7-4-6-10-5-2-1-3-8-12(10)11;/h1-8,10H,9,13H2;1H. The minimum absolute atomic E-state index is 0. The average Bonchev–Trinajstić information content (AvgIpc) is 2.41. The first kappa shape index (κ1) is 11.0. The molecule has 1 unspecified atom stereocenters. The van der Waals surface area contributed by atoms with Gasteiger partial charge in [0, 0.05) is 12.5 Å². The number of nitrogens with two attached hydrogens (primary N) is 1. The molecule has 0 heterocycles. The van der Waals surface area contributed by atoms with Crippen LogP contribution in [0.5, 0.6) is 0 Å². The molecule has 0 amide bonds. The molecule has 0 saturated carbocycles. The molecule has 1 nitrogen and oxygen atoms in total. The van der Waals surface area contributed by atoms with Crippen LogP contribution in [-0.4, -0.2) is 6.54 Å². The van der Waals surface area contributed by atoms with E-state index in [-0.39, 0.29) is 12.4 Å². The summed E-state index contributed by atoms with van der Waals surface area (Å²) in [6, 6.07) is 0. The second-order valence-electron chi connectivity index (χ2n) is 3.20. The Labute approximate surface area is 90.8 Å². The van der Waals surface area contributed by atoms with Crippen LogP contribution in [0.2, 0.25) is 0 Å². The van der Waals surface area contributed by atoms with Gasteiger partial charge in [-0.25, -0.2) is 0 Å². The molecule has 2 heteroatoms. The quantitative estimate of drug-likeness (QED) is 0.703. The Kier molecular flexibility index (Phi) is 3.93. The summed E-state index contributed by atoms with van der Waals surface area (Å²) in [5, 5.41) is 0. The molecule has 2 N–H and O–H groups in total. The van der Waals surface area contributed by atoms with Gasteiger partial charge in [-0.05, 0) is 11.1 Å². The lowest BCUT2D eigenvalue weighted by Gasteiger charge is -2.18. The van der Waals surface area contributed by atoms with Crippen LogP contribution in [0.3, 0.4) is 0 Å². The summed E-state index contributed by atoms with van der Waals surface area (Å²) in [7, 11) is 0. The van der Waals surface area contributed by atoms with Gasteiger partial charge in [-0.1, -0.05) is 48.6 Å². The molecular formula is C12H14ClN. The van der Waals surface area contributed by atoms with Gasteiger partial charge in [-0.2, -0.15) is 0 Å². The first-order chi connectivity index (χ1) is 6.42. The Balaban J connectivity index is 0.000000980. The zero-order chi connectivity index (χ0) is 9.10. The highest BCUT2D eigenvalue weighted by molar-refractivity contribution is 5.85. The van der Waals surface area contributed by atoms with Crippen molar-refractivity contribution in [3.63, 3.8) is 0 Å². The molecule has 2 aliphatic carbocycles. The van der Waals surface area contributed by atoms with E-state index in [0.29, 0.717) is 12.5 Å². The van der Waals surface area contributed by atoms with Crippen molar-refractivity contribution >= 4 is 12.4 Å². The molecular weight excluding hydrogens is 194 g/mol. The van der Waals surface area contributed by atoms with Gasteiger partial charge in [-0.15, -0.1) is 12.4 Å². The van der Waals surface area contributed by atoms with E-state index in [4.69, 9.17) is 5.73 Å². The van der Waals surface area contributed by atoms with Crippen molar-refractivity contribution < 1.29 is 0 Å². The minimum Gasteiger partial charge on any atom is -0.326 e. The maximum Gasteiger partial charge on any atom is 0.0208 e. The highest BCUT2D eigenvalue weighted by Gasteiger charge is 2.14. The second kappa shape index (κ2) is 4.99. The molecule has 0 saturated heterocycles. The molecule has 2 aliphatic rings. The summed E-state index contributed by atoms with van der Waals surface area (Å²) in [6.07, 6.45) is 16.9. The molecule has 0 aromatic carbocycles. The van der Waals surface area contributed by atoms with Gasteiger partial charge < -0.3 is 5.73 Å². The molecule has 0 radical (unpaired) electrons. The van der Waals surface area contributed by atoms with Gasteiger partial charge in [0.1, 0.15) is 0 Å². The summed E-state index contributed by atoms with van der Waals surface area (Å²) >= 11 is 0.